The highest BCUT2D eigenvalue weighted by Crippen LogP contribution is 2.14. The van der Waals surface area contributed by atoms with Gasteiger partial charge in [0.15, 0.2) is 6.61 Å². The maximum atomic E-state index is 12.2. The topological polar surface area (TPSA) is 41.6 Å². The lowest BCUT2D eigenvalue weighted by atomic mass is 10.1. The van der Waals surface area contributed by atoms with Gasteiger partial charge in [-0.15, -0.1) is 0 Å². The van der Waals surface area contributed by atoms with E-state index in [1.54, 1.807) is 0 Å². The van der Waals surface area contributed by atoms with E-state index in [4.69, 9.17) is 4.74 Å². The van der Waals surface area contributed by atoms with E-state index in [0.29, 0.717) is 0 Å². The molecule has 4 heteroatoms. The minimum Gasteiger partial charge on any atom is -0.484 e. The summed E-state index contributed by atoms with van der Waals surface area (Å²) in [5.41, 5.74) is 1.21. The molecule has 1 aromatic carbocycles. The van der Waals surface area contributed by atoms with Crippen LogP contribution in [0.1, 0.15) is 37.7 Å². The van der Waals surface area contributed by atoms with E-state index in [-0.39, 0.29) is 12.5 Å². The Morgan fingerprint density at radius 2 is 1.71 bits per heavy atom. The molecular formula is C17H26N2O2. The lowest BCUT2D eigenvalue weighted by Gasteiger charge is -2.24. The molecule has 0 aliphatic carbocycles. The lowest BCUT2D eigenvalue weighted by molar-refractivity contribution is -0.133. The summed E-state index contributed by atoms with van der Waals surface area (Å²) in [4.78, 5) is 14.1. The van der Waals surface area contributed by atoms with Crippen LogP contribution in [0.5, 0.6) is 5.75 Å². The van der Waals surface area contributed by atoms with E-state index in [0.717, 1.165) is 38.2 Å². The average Bonchev–Trinajstić information content (AvgIpc) is 2.46. The summed E-state index contributed by atoms with van der Waals surface area (Å²) in [5, 5.41) is 3.11. The molecule has 2 rings (SSSR count). The number of rotatable bonds is 5. The number of nitrogens with one attached hydrogen (secondary N) is 1. The molecule has 0 bridgehead atoms. The Morgan fingerprint density at radius 3 is 2.33 bits per heavy atom. The van der Waals surface area contributed by atoms with E-state index in [2.05, 4.69) is 5.32 Å². The summed E-state index contributed by atoms with van der Waals surface area (Å²) < 4.78 is 5.61. The number of nitrogens with zero attached hydrogens (tertiary/aromatic N) is 1. The second-order valence-electron chi connectivity index (χ2n) is 5.61. The summed E-state index contributed by atoms with van der Waals surface area (Å²) in [6.45, 7) is 2.74. The van der Waals surface area contributed by atoms with Crippen molar-refractivity contribution in [2.24, 2.45) is 0 Å². The summed E-state index contributed by atoms with van der Waals surface area (Å²) in [6.07, 6.45) is 6.00. The van der Waals surface area contributed by atoms with Crippen molar-refractivity contribution in [2.75, 3.05) is 26.7 Å². The standard InChI is InChI=1S/C17H26N2O2/c1-18-13-15-7-9-16(10-8-15)21-14-17(20)19-11-5-3-2-4-6-12-19/h7-10,18H,2-6,11-14H2,1H3. The van der Waals surface area contributed by atoms with E-state index < -0.39 is 0 Å². The first-order valence-corrected chi connectivity index (χ1v) is 7.94. The molecule has 0 radical (unpaired) electrons. The maximum absolute atomic E-state index is 12.2. The van der Waals surface area contributed by atoms with Gasteiger partial charge in [-0.3, -0.25) is 4.79 Å². The average molecular weight is 290 g/mol. The first-order chi connectivity index (χ1) is 10.3. The first kappa shape index (κ1) is 15.8. The number of hydrogen-bond acceptors (Lipinski definition) is 3. The molecule has 1 saturated heterocycles. The zero-order valence-corrected chi connectivity index (χ0v) is 12.9. The van der Waals surface area contributed by atoms with Gasteiger partial charge in [-0.1, -0.05) is 31.4 Å². The highest BCUT2D eigenvalue weighted by Gasteiger charge is 2.15. The Bertz CT molecular complexity index is 423. The molecule has 1 aliphatic heterocycles. The van der Waals surface area contributed by atoms with Crippen LogP contribution in [-0.2, 0) is 11.3 Å². The van der Waals surface area contributed by atoms with Crippen LogP contribution in [0, 0.1) is 0 Å². The molecule has 0 unspecified atom stereocenters. The number of ether oxygens (including phenoxy) is 1. The Hall–Kier alpha value is -1.55. The molecule has 0 spiro atoms. The fraction of sp³-hybridized carbons (Fsp3) is 0.588. The van der Waals surface area contributed by atoms with Gasteiger partial charge in [-0.25, -0.2) is 0 Å². The lowest BCUT2D eigenvalue weighted by Crippen LogP contribution is -2.37. The molecule has 1 aliphatic rings. The normalized spacial score (nSPS) is 16.1. The van der Waals surface area contributed by atoms with Crippen molar-refractivity contribution in [3.8, 4) is 5.75 Å². The van der Waals surface area contributed by atoms with Gasteiger partial charge in [0.1, 0.15) is 5.75 Å². The second-order valence-corrected chi connectivity index (χ2v) is 5.61. The van der Waals surface area contributed by atoms with Gasteiger partial charge in [0.25, 0.3) is 5.91 Å². The van der Waals surface area contributed by atoms with E-state index in [9.17, 15) is 4.79 Å². The largest absolute Gasteiger partial charge is 0.484 e. The van der Waals surface area contributed by atoms with E-state index in [1.165, 1.54) is 24.8 Å². The van der Waals surface area contributed by atoms with Crippen molar-refractivity contribution in [2.45, 2.75) is 38.6 Å². The first-order valence-electron chi connectivity index (χ1n) is 7.94. The van der Waals surface area contributed by atoms with Crippen LogP contribution in [0.3, 0.4) is 0 Å². The Balaban J connectivity index is 1.79. The van der Waals surface area contributed by atoms with Gasteiger partial charge in [0, 0.05) is 19.6 Å². The number of likely N-dealkylation sites (tertiary alicyclic amines) is 1. The molecule has 1 amide bonds. The maximum Gasteiger partial charge on any atom is 0.260 e. The number of carbonyl (C=O) groups excluding carboxylic acids is 1. The van der Waals surface area contributed by atoms with Gasteiger partial charge < -0.3 is 15.0 Å². The number of amides is 1. The highest BCUT2D eigenvalue weighted by molar-refractivity contribution is 5.77. The van der Waals surface area contributed by atoms with E-state index >= 15 is 0 Å². The smallest absolute Gasteiger partial charge is 0.260 e. The van der Waals surface area contributed by atoms with E-state index in [1.807, 2.05) is 36.2 Å². The van der Waals surface area contributed by atoms with Crippen molar-refractivity contribution >= 4 is 5.91 Å². The third kappa shape index (κ3) is 5.38. The summed E-state index contributed by atoms with van der Waals surface area (Å²) in [7, 11) is 1.92. The fourth-order valence-electron chi connectivity index (χ4n) is 2.64. The zero-order chi connectivity index (χ0) is 14.9. The SMILES string of the molecule is CNCc1ccc(OCC(=O)N2CCCCCCC2)cc1. The van der Waals surface area contributed by atoms with Gasteiger partial charge in [-0.05, 0) is 37.6 Å². The predicted octanol–water partition coefficient (Wildman–Crippen LogP) is 2.58. The molecule has 1 N–H and O–H groups in total. The van der Waals surface area contributed by atoms with Crippen molar-refractivity contribution in [1.82, 2.24) is 10.2 Å². The third-order valence-electron chi connectivity index (χ3n) is 3.88. The number of benzene rings is 1. The molecular weight excluding hydrogens is 264 g/mol. The summed E-state index contributed by atoms with van der Waals surface area (Å²) >= 11 is 0. The summed E-state index contributed by atoms with van der Waals surface area (Å²) in [5.74, 6) is 0.867. The summed E-state index contributed by atoms with van der Waals surface area (Å²) in [6, 6.07) is 7.89. The Labute approximate surface area is 127 Å². The Morgan fingerprint density at radius 1 is 1.10 bits per heavy atom. The van der Waals surface area contributed by atoms with Gasteiger partial charge in [0.2, 0.25) is 0 Å². The van der Waals surface area contributed by atoms with Crippen molar-refractivity contribution in [3.05, 3.63) is 29.8 Å². The molecule has 1 fully saturated rings. The van der Waals surface area contributed by atoms with Crippen LogP contribution in [0.4, 0.5) is 0 Å². The van der Waals surface area contributed by atoms with Crippen molar-refractivity contribution < 1.29 is 9.53 Å². The molecule has 21 heavy (non-hydrogen) atoms. The Kier molecular flexibility index (Phi) is 6.54. The van der Waals surface area contributed by atoms with Gasteiger partial charge in [0.05, 0.1) is 0 Å². The van der Waals surface area contributed by atoms with Gasteiger partial charge >= 0.3 is 0 Å². The molecule has 116 valence electrons. The number of hydrogen-bond donors (Lipinski definition) is 1. The van der Waals surface area contributed by atoms with Crippen LogP contribution < -0.4 is 10.1 Å². The fourth-order valence-corrected chi connectivity index (χ4v) is 2.64. The molecule has 4 nitrogen and oxygen atoms in total. The monoisotopic (exact) mass is 290 g/mol. The molecule has 0 saturated carbocycles. The van der Waals surface area contributed by atoms with Crippen LogP contribution in [0.2, 0.25) is 0 Å². The van der Waals surface area contributed by atoms with Crippen molar-refractivity contribution in [1.29, 1.82) is 0 Å². The van der Waals surface area contributed by atoms with Crippen molar-refractivity contribution in [3.63, 3.8) is 0 Å². The van der Waals surface area contributed by atoms with Crippen LogP contribution in [0.25, 0.3) is 0 Å². The second kappa shape index (κ2) is 8.67. The predicted molar refractivity (Wildman–Crippen MR) is 84.4 cm³/mol. The highest BCUT2D eigenvalue weighted by atomic mass is 16.5. The van der Waals surface area contributed by atoms with Gasteiger partial charge in [-0.2, -0.15) is 0 Å². The molecule has 0 atom stereocenters. The van der Waals surface area contributed by atoms with Crippen LogP contribution in [0.15, 0.2) is 24.3 Å². The van der Waals surface area contributed by atoms with Crippen LogP contribution in [-0.4, -0.2) is 37.6 Å². The van der Waals surface area contributed by atoms with Crippen LogP contribution >= 0.6 is 0 Å². The zero-order valence-electron chi connectivity index (χ0n) is 12.9. The third-order valence-corrected chi connectivity index (χ3v) is 3.88. The minimum atomic E-state index is 0.108. The number of carbonyl (C=O) groups is 1. The molecule has 1 heterocycles. The quantitative estimate of drug-likeness (QED) is 0.906. The minimum absolute atomic E-state index is 0.108. The molecule has 0 aromatic heterocycles. The molecule has 1 aromatic rings.